The van der Waals surface area contributed by atoms with Gasteiger partial charge in [0.2, 0.25) is 11.8 Å². The van der Waals surface area contributed by atoms with Crippen molar-refractivity contribution in [2.45, 2.75) is 322 Å². The first-order valence-electron chi connectivity index (χ1n) is 34.7. The molecule has 7 aromatic rings. The van der Waals surface area contributed by atoms with Gasteiger partial charge in [0.1, 0.15) is 0 Å². The molecule has 2 aromatic heterocycles. The van der Waals surface area contributed by atoms with Crippen LogP contribution in [0.25, 0.3) is 64.6 Å². The average molecular weight is 1120 g/mol. The van der Waals surface area contributed by atoms with Gasteiger partial charge in [0, 0.05) is 55.2 Å². The van der Waals surface area contributed by atoms with Gasteiger partial charge in [-0.25, -0.2) is 0 Å². The molecular weight excluding hydrogens is 1010 g/mol. The van der Waals surface area contributed by atoms with E-state index in [-0.39, 0.29) is 45.7 Å². The van der Waals surface area contributed by atoms with E-state index in [1.54, 1.807) is 21.3 Å². The van der Waals surface area contributed by atoms with Crippen molar-refractivity contribution in [1.29, 1.82) is 10.8 Å². The monoisotopic (exact) mass is 1120 g/mol. The number of pyridine rings is 2. The Morgan fingerprint density at radius 3 is 0.768 bits per heavy atom. The van der Waals surface area contributed by atoms with Crippen LogP contribution in [0.4, 0.5) is 0 Å². The molecule has 7 rings (SSSR count). The molecule has 0 saturated heterocycles. The molecule has 0 fully saturated rings. The molecule has 8 nitrogen and oxygen atoms in total. The summed E-state index contributed by atoms with van der Waals surface area (Å²) in [6.07, 6.45) is 53.0. The predicted molar refractivity (Wildman–Crippen MR) is 353 cm³/mol. The van der Waals surface area contributed by atoms with Gasteiger partial charge in [0.15, 0.2) is 0 Å². The smallest absolute Gasteiger partial charge is 0.261 e. The number of rotatable bonds is 46. The standard InChI is InChI=1S/C74H112N4O4/c1-5-9-13-17-21-25-29-33-37-41-45-55(46-42-38-34-30-26-22-18-14-10-6-2)77-71(79)59-51-49-57-68-64(76)54-62-66-60(52-50-58(70(66)68)67-63(75)53-61(73(77)81)65(59)69(57)67)72(80)78(74(62)82)56(47-43-39-35-31-27-23-19-15-11-7-3)48-44-40-36-32-28-24-20-16-12-8-4/h49-56,75-76,79-80H,5-48H2,1-4H3. The fourth-order valence-corrected chi connectivity index (χ4v) is 14.5. The number of aromatic nitrogens is 2. The van der Waals surface area contributed by atoms with E-state index in [4.69, 9.17) is 0 Å². The van der Waals surface area contributed by atoms with Gasteiger partial charge in [0.05, 0.1) is 21.5 Å². The Kier molecular flexibility index (Phi) is 27.6. The van der Waals surface area contributed by atoms with Crippen molar-refractivity contribution in [3.8, 4) is 11.8 Å². The molecule has 82 heavy (non-hydrogen) atoms. The fraction of sp³-hybridized carbons (Fsp3) is 0.676. The molecule has 0 aliphatic carbocycles. The third kappa shape index (κ3) is 16.8. The predicted octanol–water partition coefficient (Wildman–Crippen LogP) is 21.9. The van der Waals surface area contributed by atoms with Gasteiger partial charge >= 0.3 is 0 Å². The maximum atomic E-state index is 15.2. The SMILES string of the molecule is CCCCCCCCCCCCC(CCCCCCCCCCCC)n1c(O)c2ccc3c4c(=N)cc5c(=O)n(C(CCCCCCCCCCCC)CCCCCCCCCCCC)c(O)c6ccc(c7c(=N)cc(c1=O)c2c37)c4c65. The molecule has 0 radical (unpaired) electrons. The molecule has 0 unspecified atom stereocenters. The summed E-state index contributed by atoms with van der Waals surface area (Å²) in [6, 6.07) is 10.9. The number of unbranched alkanes of at least 4 members (excludes halogenated alkanes) is 36. The van der Waals surface area contributed by atoms with Crippen molar-refractivity contribution in [2.24, 2.45) is 0 Å². The molecule has 0 aliphatic rings. The largest absolute Gasteiger partial charge is 0.494 e. The molecule has 2 heterocycles. The maximum absolute atomic E-state index is 15.2. The van der Waals surface area contributed by atoms with E-state index < -0.39 is 0 Å². The Bertz CT molecular complexity index is 2950. The highest BCUT2D eigenvalue weighted by atomic mass is 16.3. The van der Waals surface area contributed by atoms with Crippen LogP contribution in [0.15, 0.2) is 46.0 Å². The molecule has 5 aromatic carbocycles. The Hall–Kier alpha value is -4.72. The van der Waals surface area contributed by atoms with E-state index in [1.165, 1.54) is 205 Å². The lowest BCUT2D eigenvalue weighted by atomic mass is 9.85. The number of hydrogen-bond donors (Lipinski definition) is 4. The zero-order chi connectivity index (χ0) is 58.1. The highest BCUT2D eigenvalue weighted by Gasteiger charge is 2.28. The highest BCUT2D eigenvalue weighted by molar-refractivity contribution is 6.39. The minimum atomic E-state index is -0.246. The molecule has 8 heteroatoms. The molecule has 0 atom stereocenters. The van der Waals surface area contributed by atoms with Crippen LogP contribution in [0.5, 0.6) is 11.8 Å². The van der Waals surface area contributed by atoms with Gasteiger partial charge in [-0.3, -0.25) is 18.7 Å². The zero-order valence-electron chi connectivity index (χ0n) is 52.3. The summed E-state index contributed by atoms with van der Waals surface area (Å²) in [4.78, 5) is 30.4. The highest BCUT2D eigenvalue weighted by Crippen LogP contribution is 2.46. The molecule has 0 bridgehead atoms. The van der Waals surface area contributed by atoms with Crippen LogP contribution in [0.1, 0.15) is 322 Å². The summed E-state index contributed by atoms with van der Waals surface area (Å²) in [5, 5.41) is 52.5. The quantitative estimate of drug-likeness (QED) is 0.0172. The summed E-state index contributed by atoms with van der Waals surface area (Å²) in [5.41, 5.74) is -0.493. The van der Waals surface area contributed by atoms with E-state index in [9.17, 15) is 21.0 Å². The van der Waals surface area contributed by atoms with Gasteiger partial charge < -0.3 is 21.0 Å². The van der Waals surface area contributed by atoms with E-state index in [0.29, 0.717) is 53.9 Å². The number of nitrogens with one attached hydrogen (secondary N) is 2. The van der Waals surface area contributed by atoms with Crippen molar-refractivity contribution < 1.29 is 10.2 Å². The van der Waals surface area contributed by atoms with E-state index in [0.717, 1.165) is 87.8 Å². The van der Waals surface area contributed by atoms with Gasteiger partial charge in [-0.05, 0) is 60.7 Å². The number of hydrogen-bond acceptors (Lipinski definition) is 6. The summed E-state index contributed by atoms with van der Waals surface area (Å²) in [7, 11) is 0. The third-order valence-electron chi connectivity index (χ3n) is 19.2. The normalized spacial score (nSPS) is 12.4. The zero-order valence-corrected chi connectivity index (χ0v) is 52.3. The third-order valence-corrected chi connectivity index (χ3v) is 19.2. The minimum Gasteiger partial charge on any atom is -0.494 e. The fourth-order valence-electron chi connectivity index (χ4n) is 14.5. The number of benzene rings is 5. The first-order valence-corrected chi connectivity index (χ1v) is 34.7. The average Bonchev–Trinajstić information content (AvgIpc) is 1.13. The number of nitrogens with zero attached hydrogens (tertiary/aromatic N) is 2. The summed E-state index contributed by atoms with van der Waals surface area (Å²) >= 11 is 0. The maximum Gasteiger partial charge on any atom is 0.261 e. The lowest BCUT2D eigenvalue weighted by Crippen LogP contribution is -2.27. The number of fused-ring (bicyclic) bond motifs is 2. The van der Waals surface area contributed by atoms with Crippen LogP contribution in [0.3, 0.4) is 0 Å². The van der Waals surface area contributed by atoms with Crippen LogP contribution in [-0.2, 0) is 0 Å². The lowest BCUT2D eigenvalue weighted by molar-refractivity contribution is 0.333. The van der Waals surface area contributed by atoms with E-state index in [2.05, 4.69) is 27.7 Å². The Morgan fingerprint density at radius 2 is 0.524 bits per heavy atom. The van der Waals surface area contributed by atoms with E-state index >= 15 is 9.59 Å². The van der Waals surface area contributed by atoms with Gasteiger partial charge in [-0.2, -0.15) is 0 Å². The summed E-state index contributed by atoms with van der Waals surface area (Å²) in [5.74, 6) is -0.0104. The molecule has 0 amide bonds. The van der Waals surface area contributed by atoms with E-state index in [1.807, 2.05) is 24.3 Å². The molecule has 452 valence electrons. The van der Waals surface area contributed by atoms with Crippen molar-refractivity contribution in [2.75, 3.05) is 0 Å². The molecule has 4 N–H and O–H groups in total. The Morgan fingerprint density at radius 1 is 0.305 bits per heavy atom. The van der Waals surface area contributed by atoms with Crippen LogP contribution in [0, 0.1) is 10.8 Å². The lowest BCUT2D eigenvalue weighted by Gasteiger charge is -2.25. The van der Waals surface area contributed by atoms with Crippen LogP contribution >= 0.6 is 0 Å². The summed E-state index contributed by atoms with van der Waals surface area (Å²) < 4.78 is 3.38. The van der Waals surface area contributed by atoms with Gasteiger partial charge in [0.25, 0.3) is 11.1 Å². The van der Waals surface area contributed by atoms with Crippen molar-refractivity contribution in [3.63, 3.8) is 0 Å². The van der Waals surface area contributed by atoms with Crippen LogP contribution < -0.4 is 21.8 Å². The Labute approximate surface area is 494 Å². The van der Waals surface area contributed by atoms with Gasteiger partial charge in [-0.1, -0.05) is 297 Å². The molecule has 0 saturated carbocycles. The minimum absolute atomic E-state index is 0.00518. The van der Waals surface area contributed by atoms with Crippen molar-refractivity contribution in [3.05, 3.63) is 67.8 Å². The first kappa shape index (κ1) is 64.8. The van der Waals surface area contributed by atoms with Crippen LogP contribution in [-0.4, -0.2) is 19.3 Å². The number of aromatic hydroxyl groups is 2. The van der Waals surface area contributed by atoms with Crippen molar-refractivity contribution in [1.82, 2.24) is 9.13 Å². The second-order valence-corrected chi connectivity index (χ2v) is 25.7. The van der Waals surface area contributed by atoms with Crippen molar-refractivity contribution >= 4 is 64.6 Å². The second-order valence-electron chi connectivity index (χ2n) is 25.7. The van der Waals surface area contributed by atoms with Gasteiger partial charge in [-0.15, -0.1) is 0 Å². The summed E-state index contributed by atoms with van der Waals surface area (Å²) in [6.45, 7) is 9.07. The molecule has 0 aliphatic heterocycles. The molecular formula is C74H112N4O4. The molecule has 0 spiro atoms. The second kappa shape index (κ2) is 34.9. The Balaban J connectivity index is 1.20. The van der Waals surface area contributed by atoms with Crippen LogP contribution in [0.2, 0.25) is 0 Å². The first-order chi connectivity index (χ1) is 40.2. The topological polar surface area (TPSA) is 132 Å².